The van der Waals surface area contributed by atoms with Crippen LogP contribution in [0.4, 0.5) is 0 Å². The van der Waals surface area contributed by atoms with Gasteiger partial charge >= 0.3 is 0 Å². The second-order valence-electron chi connectivity index (χ2n) is 6.90. The molecule has 0 aromatic carbocycles. The van der Waals surface area contributed by atoms with Crippen molar-refractivity contribution in [1.82, 2.24) is 15.5 Å². The van der Waals surface area contributed by atoms with Gasteiger partial charge in [-0.3, -0.25) is 9.59 Å². The highest BCUT2D eigenvalue weighted by Crippen LogP contribution is 2.32. The number of nitrogens with one attached hydrogen (secondary N) is 2. The molecule has 0 saturated carbocycles. The molecule has 2 N–H and O–H groups in total. The van der Waals surface area contributed by atoms with Crippen molar-refractivity contribution in [2.75, 3.05) is 19.6 Å². The van der Waals surface area contributed by atoms with E-state index in [4.69, 9.17) is 0 Å². The fourth-order valence-electron chi connectivity index (χ4n) is 4.11. The number of nitrogens with zero attached hydrogens (tertiary/aromatic N) is 1. The Kier molecular flexibility index (Phi) is 4.78. The van der Waals surface area contributed by atoms with E-state index in [9.17, 15) is 9.59 Å². The molecule has 5 nitrogen and oxygen atoms in total. The molecule has 21 heavy (non-hydrogen) atoms. The number of likely N-dealkylation sites (tertiary alicyclic amines) is 1. The van der Waals surface area contributed by atoms with E-state index >= 15 is 0 Å². The molecule has 0 aromatic heterocycles. The molecule has 3 aliphatic rings. The molecule has 3 aliphatic heterocycles. The minimum absolute atomic E-state index is 0.0478. The Morgan fingerprint density at radius 1 is 1.05 bits per heavy atom. The molecule has 118 valence electrons. The molecule has 2 unspecified atom stereocenters. The van der Waals surface area contributed by atoms with E-state index in [0.29, 0.717) is 24.4 Å². The predicted octanol–water partition coefficient (Wildman–Crippen LogP) is 1.04. The van der Waals surface area contributed by atoms with Gasteiger partial charge in [-0.05, 0) is 50.9 Å². The fourth-order valence-corrected chi connectivity index (χ4v) is 4.11. The van der Waals surface area contributed by atoms with Crippen molar-refractivity contribution in [2.45, 2.75) is 63.5 Å². The maximum atomic E-state index is 12.0. The third kappa shape index (κ3) is 3.96. The highest BCUT2D eigenvalue weighted by molar-refractivity contribution is 5.84. The van der Waals surface area contributed by atoms with Gasteiger partial charge in [-0.15, -0.1) is 0 Å². The first-order valence-corrected chi connectivity index (χ1v) is 8.51. The van der Waals surface area contributed by atoms with Crippen LogP contribution in [0.5, 0.6) is 0 Å². The lowest BCUT2D eigenvalue weighted by molar-refractivity contribution is -0.133. The third-order valence-corrected chi connectivity index (χ3v) is 5.19. The summed E-state index contributed by atoms with van der Waals surface area (Å²) in [4.78, 5) is 25.9. The van der Waals surface area contributed by atoms with Gasteiger partial charge in [0.1, 0.15) is 0 Å². The molecule has 3 saturated heterocycles. The molecule has 2 bridgehead atoms. The largest absolute Gasteiger partial charge is 0.347 e. The molecule has 3 rings (SSSR count). The second-order valence-corrected chi connectivity index (χ2v) is 6.90. The zero-order valence-electron chi connectivity index (χ0n) is 12.8. The minimum atomic E-state index is 0.0478. The second kappa shape index (κ2) is 6.77. The van der Waals surface area contributed by atoms with Crippen LogP contribution < -0.4 is 10.6 Å². The summed E-state index contributed by atoms with van der Waals surface area (Å²) in [6.45, 7) is 1.88. The first-order chi connectivity index (χ1) is 10.2. The Labute approximate surface area is 126 Å². The number of carbonyl (C=O) groups excluding carboxylic acids is 2. The molecule has 2 atom stereocenters. The van der Waals surface area contributed by atoms with Gasteiger partial charge in [-0.25, -0.2) is 0 Å². The summed E-state index contributed by atoms with van der Waals surface area (Å²) in [5.41, 5.74) is 0. The summed E-state index contributed by atoms with van der Waals surface area (Å²) in [6, 6.07) is 1.24. The number of piperidine rings is 2. The van der Waals surface area contributed by atoms with E-state index in [1.165, 1.54) is 19.3 Å². The van der Waals surface area contributed by atoms with Gasteiger partial charge in [0.25, 0.3) is 0 Å². The molecule has 3 heterocycles. The molecular weight excluding hydrogens is 266 g/mol. The summed E-state index contributed by atoms with van der Waals surface area (Å²) >= 11 is 0. The molecule has 0 aromatic rings. The van der Waals surface area contributed by atoms with Crippen LogP contribution in [-0.4, -0.2) is 48.4 Å². The van der Waals surface area contributed by atoms with E-state index < -0.39 is 0 Å². The smallest absolute Gasteiger partial charge is 0.241 e. The van der Waals surface area contributed by atoms with Crippen molar-refractivity contribution in [2.24, 2.45) is 5.92 Å². The van der Waals surface area contributed by atoms with Gasteiger partial charge in [-0.1, -0.05) is 0 Å². The lowest BCUT2D eigenvalue weighted by Gasteiger charge is -2.29. The quantitative estimate of drug-likeness (QED) is 0.814. The van der Waals surface area contributed by atoms with Crippen molar-refractivity contribution in [3.63, 3.8) is 0 Å². The Bertz CT molecular complexity index is 381. The van der Waals surface area contributed by atoms with Crippen LogP contribution in [0.2, 0.25) is 0 Å². The average Bonchev–Trinajstić information content (AvgIpc) is 2.84. The van der Waals surface area contributed by atoms with Crippen molar-refractivity contribution >= 4 is 11.8 Å². The van der Waals surface area contributed by atoms with Crippen LogP contribution in [0.3, 0.4) is 0 Å². The van der Waals surface area contributed by atoms with Gasteiger partial charge < -0.3 is 15.5 Å². The van der Waals surface area contributed by atoms with Gasteiger partial charge in [-0.2, -0.15) is 0 Å². The number of carbonyl (C=O) groups is 2. The lowest BCUT2D eigenvalue weighted by atomic mass is 9.89. The zero-order chi connectivity index (χ0) is 14.7. The van der Waals surface area contributed by atoms with E-state index in [1.807, 2.05) is 4.90 Å². The molecule has 0 spiro atoms. The first-order valence-electron chi connectivity index (χ1n) is 8.51. The third-order valence-electron chi connectivity index (χ3n) is 5.19. The van der Waals surface area contributed by atoms with Crippen LogP contribution in [0, 0.1) is 5.92 Å². The first kappa shape index (κ1) is 14.8. The van der Waals surface area contributed by atoms with E-state index in [0.717, 1.165) is 38.8 Å². The Hall–Kier alpha value is -1.10. The van der Waals surface area contributed by atoms with Gasteiger partial charge in [0.2, 0.25) is 11.8 Å². The normalized spacial score (nSPS) is 32.0. The maximum Gasteiger partial charge on any atom is 0.241 e. The van der Waals surface area contributed by atoms with E-state index in [1.54, 1.807) is 0 Å². The van der Waals surface area contributed by atoms with E-state index in [-0.39, 0.29) is 18.4 Å². The Balaban J connectivity index is 1.37. The van der Waals surface area contributed by atoms with Crippen molar-refractivity contribution in [3.8, 4) is 0 Å². The van der Waals surface area contributed by atoms with Crippen LogP contribution in [0.15, 0.2) is 0 Å². The maximum absolute atomic E-state index is 12.0. The monoisotopic (exact) mass is 293 g/mol. The minimum Gasteiger partial charge on any atom is -0.347 e. The van der Waals surface area contributed by atoms with Gasteiger partial charge in [0, 0.05) is 31.6 Å². The Morgan fingerprint density at radius 2 is 1.71 bits per heavy atom. The number of fused-ring (bicyclic) bond motifs is 2. The molecule has 0 radical (unpaired) electrons. The summed E-state index contributed by atoms with van der Waals surface area (Å²) in [5, 5.41) is 6.42. The number of hydrogen-bond acceptors (Lipinski definition) is 3. The van der Waals surface area contributed by atoms with Crippen molar-refractivity contribution in [3.05, 3.63) is 0 Å². The van der Waals surface area contributed by atoms with Crippen LogP contribution >= 0.6 is 0 Å². The summed E-state index contributed by atoms with van der Waals surface area (Å²) < 4.78 is 0. The number of rotatable bonds is 4. The molecular formula is C16H27N3O2. The topological polar surface area (TPSA) is 61.4 Å². The fraction of sp³-hybridized carbons (Fsp3) is 0.875. The molecule has 5 heteroatoms. The van der Waals surface area contributed by atoms with Gasteiger partial charge in [0.05, 0.1) is 6.54 Å². The summed E-state index contributed by atoms with van der Waals surface area (Å²) in [7, 11) is 0. The van der Waals surface area contributed by atoms with E-state index in [2.05, 4.69) is 10.6 Å². The average molecular weight is 293 g/mol. The molecule has 0 aliphatic carbocycles. The van der Waals surface area contributed by atoms with Crippen molar-refractivity contribution < 1.29 is 9.59 Å². The SMILES string of the molecule is O=C(CC1CC2CCC(C1)N2)NCC(=O)N1CCCCC1. The molecule has 2 amide bonds. The molecule has 3 fully saturated rings. The van der Waals surface area contributed by atoms with Crippen molar-refractivity contribution in [1.29, 1.82) is 0 Å². The van der Waals surface area contributed by atoms with Crippen LogP contribution in [0.1, 0.15) is 51.4 Å². The van der Waals surface area contributed by atoms with Crippen LogP contribution in [-0.2, 0) is 9.59 Å². The summed E-state index contributed by atoms with van der Waals surface area (Å²) in [5.74, 6) is 0.619. The number of amides is 2. The highest BCUT2D eigenvalue weighted by atomic mass is 16.2. The predicted molar refractivity (Wildman–Crippen MR) is 80.7 cm³/mol. The standard InChI is InChI=1S/C16H27N3O2/c20-15(10-12-8-13-4-5-14(9-12)18-13)17-11-16(21)19-6-2-1-3-7-19/h12-14,18H,1-11H2,(H,17,20). The summed E-state index contributed by atoms with van der Waals surface area (Å²) in [6.07, 6.45) is 8.74. The zero-order valence-corrected chi connectivity index (χ0v) is 12.8. The lowest BCUT2D eigenvalue weighted by Crippen LogP contribution is -2.43. The number of hydrogen-bond donors (Lipinski definition) is 2. The Morgan fingerprint density at radius 3 is 2.38 bits per heavy atom. The highest BCUT2D eigenvalue weighted by Gasteiger charge is 2.34. The van der Waals surface area contributed by atoms with Crippen LogP contribution in [0.25, 0.3) is 0 Å². The van der Waals surface area contributed by atoms with Gasteiger partial charge in [0.15, 0.2) is 0 Å².